The molecule has 9 aromatic carbocycles. The van der Waals surface area contributed by atoms with Gasteiger partial charge in [-0.1, -0.05) is 213 Å². The van der Waals surface area contributed by atoms with Gasteiger partial charge in [-0.15, -0.1) is 0 Å². The first-order valence-corrected chi connectivity index (χ1v) is 25.9. The standard InChI is InChI=1S/C64H55NSi/c1-61(2,3)42-29-32-46-47-33-30-43(62(4,5)6)38-59(47)66(58(46)37-42)57-28-18-11-21-45(57)48-34-31-44(39-60(48)66)65-55-27-17-16-26-53(55)64(54-35-40-19-9-10-20-41(40)36-56(54)65)51-24-14-12-22-49(51)63(7,8)50-23-13-15-25-52(50)64/h9-39H,1-8H3. The second-order valence-corrected chi connectivity index (χ2v) is 25.7. The number of anilines is 3. The van der Waals surface area contributed by atoms with Gasteiger partial charge in [0.25, 0.3) is 0 Å². The van der Waals surface area contributed by atoms with Crippen LogP contribution in [0.4, 0.5) is 17.1 Å². The van der Waals surface area contributed by atoms with Crippen LogP contribution in [0.2, 0.25) is 0 Å². The van der Waals surface area contributed by atoms with E-state index in [1.807, 2.05) is 0 Å². The predicted octanol–water partition coefficient (Wildman–Crippen LogP) is 13.6. The van der Waals surface area contributed by atoms with E-state index in [1.165, 1.54) is 115 Å². The second kappa shape index (κ2) is 13.2. The molecule has 2 spiro atoms. The topological polar surface area (TPSA) is 3.24 Å². The molecule has 4 aliphatic rings. The van der Waals surface area contributed by atoms with Crippen LogP contribution in [-0.2, 0) is 21.7 Å². The Hall–Kier alpha value is -6.74. The van der Waals surface area contributed by atoms with Crippen LogP contribution < -0.4 is 25.6 Å². The lowest BCUT2D eigenvalue weighted by Crippen LogP contribution is -2.71. The van der Waals surface area contributed by atoms with Crippen LogP contribution in [-0.4, -0.2) is 8.07 Å². The van der Waals surface area contributed by atoms with E-state index >= 15 is 0 Å². The zero-order valence-electron chi connectivity index (χ0n) is 39.3. The molecule has 9 aromatic rings. The zero-order chi connectivity index (χ0) is 45.1. The smallest absolute Gasteiger partial charge is 0.182 e. The molecule has 1 nitrogen and oxygen atoms in total. The molecule has 0 bridgehead atoms. The lowest BCUT2D eigenvalue weighted by Gasteiger charge is -2.52. The fraction of sp³-hybridized carbons (Fsp3) is 0.188. The van der Waals surface area contributed by atoms with Gasteiger partial charge in [-0.25, -0.2) is 0 Å². The van der Waals surface area contributed by atoms with Gasteiger partial charge in [-0.3, -0.25) is 0 Å². The van der Waals surface area contributed by atoms with E-state index in [-0.39, 0.29) is 16.2 Å². The minimum absolute atomic E-state index is 0.00425. The Bertz CT molecular complexity index is 3440. The monoisotopic (exact) mass is 865 g/mol. The minimum atomic E-state index is -2.87. The van der Waals surface area contributed by atoms with Gasteiger partial charge in [-0.05, 0) is 139 Å². The summed E-state index contributed by atoms with van der Waals surface area (Å²) in [4.78, 5) is 2.63. The van der Waals surface area contributed by atoms with Gasteiger partial charge in [0.1, 0.15) is 0 Å². The normalized spacial score (nSPS) is 16.2. The molecule has 1 aliphatic carbocycles. The van der Waals surface area contributed by atoms with Crippen molar-refractivity contribution in [3.63, 3.8) is 0 Å². The molecule has 0 saturated heterocycles. The molecular formula is C64H55NSi. The fourth-order valence-corrected chi connectivity index (χ4v) is 18.8. The van der Waals surface area contributed by atoms with Crippen LogP contribution in [0, 0.1) is 0 Å². The van der Waals surface area contributed by atoms with E-state index in [0.717, 1.165) is 0 Å². The molecule has 2 heteroatoms. The largest absolute Gasteiger partial charge is 0.310 e. The van der Waals surface area contributed by atoms with E-state index in [1.54, 1.807) is 0 Å². The highest BCUT2D eigenvalue weighted by atomic mass is 28.3. The molecule has 0 radical (unpaired) electrons. The van der Waals surface area contributed by atoms with Crippen molar-refractivity contribution in [3.05, 3.63) is 233 Å². The summed E-state index contributed by atoms with van der Waals surface area (Å²) in [7, 11) is -2.87. The number of hydrogen-bond donors (Lipinski definition) is 0. The lowest BCUT2D eigenvalue weighted by molar-refractivity contribution is 0.557. The van der Waals surface area contributed by atoms with Crippen LogP contribution in [0.1, 0.15) is 99.9 Å². The number of para-hydroxylation sites is 1. The number of hydrogen-bond acceptors (Lipinski definition) is 1. The van der Waals surface area contributed by atoms with Crippen LogP contribution in [0.3, 0.4) is 0 Å². The first kappa shape index (κ1) is 39.6. The van der Waals surface area contributed by atoms with Gasteiger partial charge in [0, 0.05) is 11.1 Å². The Morgan fingerprint density at radius 2 is 0.818 bits per heavy atom. The van der Waals surface area contributed by atoms with Gasteiger partial charge < -0.3 is 4.90 Å². The van der Waals surface area contributed by atoms with Crippen molar-refractivity contribution in [2.24, 2.45) is 0 Å². The summed E-state index contributed by atoms with van der Waals surface area (Å²) in [6, 6.07) is 73.9. The highest BCUT2D eigenvalue weighted by molar-refractivity contribution is 7.24. The van der Waals surface area contributed by atoms with Crippen molar-refractivity contribution in [1.29, 1.82) is 0 Å². The predicted molar refractivity (Wildman–Crippen MR) is 282 cm³/mol. The van der Waals surface area contributed by atoms with Crippen molar-refractivity contribution in [3.8, 4) is 22.3 Å². The average molecular weight is 866 g/mol. The maximum absolute atomic E-state index is 2.87. The van der Waals surface area contributed by atoms with E-state index in [4.69, 9.17) is 0 Å². The Kier molecular flexibility index (Phi) is 7.93. The molecule has 0 aromatic heterocycles. The van der Waals surface area contributed by atoms with Crippen LogP contribution >= 0.6 is 0 Å². The summed E-state index contributed by atoms with van der Waals surface area (Å²) in [5.41, 5.74) is 19.5. The molecule has 0 fully saturated rings. The van der Waals surface area contributed by atoms with Gasteiger partial charge in [0.15, 0.2) is 8.07 Å². The summed E-state index contributed by atoms with van der Waals surface area (Å²) in [5.74, 6) is 0. The first-order chi connectivity index (χ1) is 31.7. The third-order valence-corrected chi connectivity index (χ3v) is 21.1. The van der Waals surface area contributed by atoms with Crippen molar-refractivity contribution >= 4 is 56.7 Å². The third-order valence-electron chi connectivity index (χ3n) is 16.2. The average Bonchev–Trinajstić information content (AvgIpc) is 3.78. The molecule has 0 N–H and O–H groups in total. The Labute approximate surface area is 391 Å². The highest BCUT2D eigenvalue weighted by Gasteiger charge is 2.56. The van der Waals surface area contributed by atoms with Crippen molar-refractivity contribution < 1.29 is 0 Å². The van der Waals surface area contributed by atoms with E-state index in [2.05, 4.69) is 248 Å². The summed E-state index contributed by atoms with van der Waals surface area (Å²) in [6.07, 6.45) is 0. The van der Waals surface area contributed by atoms with Crippen molar-refractivity contribution in [2.45, 2.75) is 77.0 Å². The Balaban J connectivity index is 1.14. The van der Waals surface area contributed by atoms with Gasteiger partial charge >= 0.3 is 0 Å². The Morgan fingerprint density at radius 1 is 0.364 bits per heavy atom. The van der Waals surface area contributed by atoms with E-state index < -0.39 is 13.5 Å². The third kappa shape index (κ3) is 4.95. The summed E-state index contributed by atoms with van der Waals surface area (Å²) >= 11 is 0. The zero-order valence-corrected chi connectivity index (χ0v) is 40.3. The van der Waals surface area contributed by atoms with Crippen LogP contribution in [0.15, 0.2) is 188 Å². The molecule has 3 heterocycles. The minimum Gasteiger partial charge on any atom is -0.310 e. The molecule has 0 amide bonds. The fourth-order valence-electron chi connectivity index (χ4n) is 13.1. The second-order valence-electron chi connectivity index (χ2n) is 22.1. The number of fused-ring (bicyclic) bond motifs is 19. The maximum Gasteiger partial charge on any atom is 0.182 e. The summed E-state index contributed by atoms with van der Waals surface area (Å²) < 4.78 is 0. The first-order valence-electron chi connectivity index (χ1n) is 23.9. The van der Waals surface area contributed by atoms with Crippen LogP contribution in [0.25, 0.3) is 33.0 Å². The number of rotatable bonds is 1. The van der Waals surface area contributed by atoms with Crippen molar-refractivity contribution in [2.75, 3.05) is 4.90 Å². The molecule has 320 valence electrons. The quantitative estimate of drug-likeness (QED) is 0.149. The van der Waals surface area contributed by atoms with Gasteiger partial charge in [0.2, 0.25) is 0 Å². The molecule has 13 rings (SSSR count). The molecule has 3 aliphatic heterocycles. The number of benzene rings is 9. The van der Waals surface area contributed by atoms with E-state index in [0.29, 0.717) is 0 Å². The van der Waals surface area contributed by atoms with E-state index in [9.17, 15) is 0 Å². The maximum atomic E-state index is 2.65. The highest BCUT2D eigenvalue weighted by Crippen LogP contribution is 2.63. The van der Waals surface area contributed by atoms with Gasteiger partial charge in [-0.2, -0.15) is 0 Å². The molecule has 0 atom stereocenters. The molecular weight excluding hydrogens is 811 g/mol. The molecule has 0 unspecified atom stereocenters. The Morgan fingerprint density at radius 3 is 1.41 bits per heavy atom. The summed E-state index contributed by atoms with van der Waals surface area (Å²) in [6.45, 7) is 19.0. The van der Waals surface area contributed by atoms with Crippen molar-refractivity contribution in [1.82, 2.24) is 0 Å². The van der Waals surface area contributed by atoms with Crippen LogP contribution in [0.5, 0.6) is 0 Å². The SMILES string of the molecule is CC(C)(C)c1ccc2c(c1)[Si]1(c3ccccc3-c3ccc(N4c5ccccc5C5(c6cc7ccccc7cc64)c4ccccc4C(C)(C)c4ccccc45)cc31)c1cc(C(C)(C)C)ccc1-2. The van der Waals surface area contributed by atoms with Gasteiger partial charge in [0.05, 0.1) is 16.8 Å². The lowest BCUT2D eigenvalue weighted by atomic mass is 9.53. The molecule has 66 heavy (non-hydrogen) atoms. The number of nitrogens with zero attached hydrogens (tertiary/aromatic N) is 1. The summed E-state index contributed by atoms with van der Waals surface area (Å²) in [5, 5.41) is 8.57. The molecule has 0 saturated carbocycles.